The van der Waals surface area contributed by atoms with E-state index in [1.165, 1.54) is 5.56 Å². The predicted molar refractivity (Wildman–Crippen MR) is 87.1 cm³/mol. The summed E-state index contributed by atoms with van der Waals surface area (Å²) >= 11 is 0. The molecule has 0 unspecified atom stereocenters. The predicted octanol–water partition coefficient (Wildman–Crippen LogP) is 1.69. The number of β-amino-alcohol motifs (C(OH)–C–C–N with tert-alkyl or cyclic N) is 1. The van der Waals surface area contributed by atoms with Crippen LogP contribution in [0.5, 0.6) is 5.75 Å². The fourth-order valence-electron chi connectivity index (χ4n) is 3.28. The average molecular weight is 316 g/mol. The maximum atomic E-state index is 10.1. The van der Waals surface area contributed by atoms with E-state index in [4.69, 9.17) is 4.74 Å². The highest BCUT2D eigenvalue weighted by Gasteiger charge is 2.33. The molecule has 2 atom stereocenters. The van der Waals surface area contributed by atoms with Gasteiger partial charge in [0.15, 0.2) is 0 Å². The van der Waals surface area contributed by atoms with Crippen molar-refractivity contribution in [3.8, 4) is 5.75 Å². The van der Waals surface area contributed by atoms with E-state index in [9.17, 15) is 5.11 Å². The van der Waals surface area contributed by atoms with E-state index < -0.39 is 0 Å². The number of hydrogen-bond acceptors (Lipinski definition) is 5. The Labute approximate surface area is 136 Å². The summed E-state index contributed by atoms with van der Waals surface area (Å²) in [7, 11) is 3.67. The van der Waals surface area contributed by atoms with Crippen LogP contribution in [0.1, 0.15) is 36.6 Å². The monoisotopic (exact) mass is 316 g/mol. The van der Waals surface area contributed by atoms with Crippen LogP contribution in [0.4, 0.5) is 0 Å². The second kappa shape index (κ2) is 6.68. The lowest BCUT2D eigenvalue weighted by Gasteiger charge is -2.24. The van der Waals surface area contributed by atoms with Gasteiger partial charge in [-0.05, 0) is 24.1 Å². The number of methoxy groups -OCH3 is 1. The maximum Gasteiger partial charge on any atom is 0.146 e. The minimum atomic E-state index is -0.315. The SMILES string of the molecule is CCc1nnc(CN2C[C@H](O)C[C@@H]2c2cccc(OC)c2)n1C. The molecule has 0 radical (unpaired) electrons. The average Bonchev–Trinajstić information content (AvgIpc) is 3.11. The van der Waals surface area contributed by atoms with Crippen LogP contribution in [-0.4, -0.2) is 44.5 Å². The first-order valence-corrected chi connectivity index (χ1v) is 8.05. The smallest absolute Gasteiger partial charge is 0.146 e. The first-order valence-electron chi connectivity index (χ1n) is 8.05. The standard InChI is InChI=1S/C17H24N4O2/c1-4-16-18-19-17(20(16)2)11-21-10-13(22)9-15(21)12-6-5-7-14(8-12)23-3/h5-8,13,15,22H,4,9-11H2,1-3H3/t13-,15-/m1/s1. The zero-order chi connectivity index (χ0) is 16.4. The van der Waals surface area contributed by atoms with Gasteiger partial charge in [0.25, 0.3) is 0 Å². The van der Waals surface area contributed by atoms with E-state index in [0.717, 1.165) is 30.2 Å². The molecule has 0 bridgehead atoms. The Bertz CT molecular complexity index is 670. The minimum Gasteiger partial charge on any atom is -0.497 e. The molecule has 23 heavy (non-hydrogen) atoms. The van der Waals surface area contributed by atoms with Gasteiger partial charge >= 0.3 is 0 Å². The van der Waals surface area contributed by atoms with Gasteiger partial charge in [0.2, 0.25) is 0 Å². The van der Waals surface area contributed by atoms with Gasteiger partial charge in [-0.15, -0.1) is 10.2 Å². The van der Waals surface area contributed by atoms with Crippen LogP contribution < -0.4 is 4.74 Å². The number of likely N-dealkylation sites (tertiary alicyclic amines) is 1. The Hall–Kier alpha value is -1.92. The van der Waals surface area contributed by atoms with Gasteiger partial charge in [-0.2, -0.15) is 0 Å². The Balaban J connectivity index is 1.83. The van der Waals surface area contributed by atoms with Crippen molar-refractivity contribution < 1.29 is 9.84 Å². The second-order valence-corrected chi connectivity index (χ2v) is 6.06. The van der Waals surface area contributed by atoms with Crippen LogP contribution in [0.3, 0.4) is 0 Å². The van der Waals surface area contributed by atoms with Crippen molar-refractivity contribution >= 4 is 0 Å². The molecular formula is C17H24N4O2. The molecule has 2 heterocycles. The molecule has 1 fully saturated rings. The van der Waals surface area contributed by atoms with E-state index in [1.807, 2.05) is 29.8 Å². The van der Waals surface area contributed by atoms with Gasteiger partial charge in [0.1, 0.15) is 17.4 Å². The zero-order valence-corrected chi connectivity index (χ0v) is 13.9. The minimum absolute atomic E-state index is 0.168. The Kier molecular flexibility index (Phi) is 4.63. The van der Waals surface area contributed by atoms with E-state index in [2.05, 4.69) is 28.1 Å². The largest absolute Gasteiger partial charge is 0.497 e. The summed E-state index contributed by atoms with van der Waals surface area (Å²) < 4.78 is 7.37. The van der Waals surface area contributed by atoms with Crippen molar-refractivity contribution in [2.75, 3.05) is 13.7 Å². The topological polar surface area (TPSA) is 63.4 Å². The second-order valence-electron chi connectivity index (χ2n) is 6.06. The van der Waals surface area contributed by atoms with Gasteiger partial charge in [-0.3, -0.25) is 4.90 Å². The van der Waals surface area contributed by atoms with Crippen LogP contribution in [0.2, 0.25) is 0 Å². The Morgan fingerprint density at radius 2 is 2.09 bits per heavy atom. The summed E-state index contributed by atoms with van der Waals surface area (Å²) in [5.41, 5.74) is 1.17. The summed E-state index contributed by atoms with van der Waals surface area (Å²) in [5, 5.41) is 18.7. The van der Waals surface area contributed by atoms with E-state index in [0.29, 0.717) is 13.1 Å². The highest BCUT2D eigenvalue weighted by atomic mass is 16.5. The van der Waals surface area contributed by atoms with Crippen molar-refractivity contribution in [1.29, 1.82) is 0 Å². The van der Waals surface area contributed by atoms with Crippen molar-refractivity contribution in [1.82, 2.24) is 19.7 Å². The summed E-state index contributed by atoms with van der Waals surface area (Å²) in [6.45, 7) is 3.41. The number of aryl methyl sites for hydroxylation is 1. The van der Waals surface area contributed by atoms with Gasteiger partial charge < -0.3 is 14.4 Å². The molecule has 1 aromatic carbocycles. The van der Waals surface area contributed by atoms with Crippen molar-refractivity contribution in [3.05, 3.63) is 41.5 Å². The highest BCUT2D eigenvalue weighted by molar-refractivity contribution is 5.31. The Morgan fingerprint density at radius 1 is 1.30 bits per heavy atom. The van der Waals surface area contributed by atoms with Gasteiger partial charge in [-0.1, -0.05) is 19.1 Å². The van der Waals surface area contributed by atoms with Crippen molar-refractivity contribution in [2.45, 2.75) is 38.5 Å². The third-order valence-corrected chi connectivity index (χ3v) is 4.58. The lowest BCUT2D eigenvalue weighted by atomic mass is 10.0. The molecule has 1 aromatic heterocycles. The molecule has 1 aliphatic heterocycles. The molecule has 0 amide bonds. The van der Waals surface area contributed by atoms with Crippen molar-refractivity contribution in [2.24, 2.45) is 7.05 Å². The first kappa shape index (κ1) is 16.0. The number of benzene rings is 1. The molecule has 124 valence electrons. The summed E-state index contributed by atoms with van der Waals surface area (Å²) in [6, 6.07) is 8.24. The molecule has 0 saturated carbocycles. The van der Waals surface area contributed by atoms with Gasteiger partial charge in [0, 0.05) is 26.1 Å². The van der Waals surface area contributed by atoms with Gasteiger partial charge in [0.05, 0.1) is 19.8 Å². The number of hydrogen-bond donors (Lipinski definition) is 1. The third kappa shape index (κ3) is 3.23. The van der Waals surface area contributed by atoms with Gasteiger partial charge in [-0.25, -0.2) is 0 Å². The maximum absolute atomic E-state index is 10.1. The number of aliphatic hydroxyl groups excluding tert-OH is 1. The lowest BCUT2D eigenvalue weighted by Crippen LogP contribution is -2.26. The fourth-order valence-corrected chi connectivity index (χ4v) is 3.28. The molecule has 1 aliphatic rings. The van der Waals surface area contributed by atoms with Crippen LogP contribution >= 0.6 is 0 Å². The van der Waals surface area contributed by atoms with Crippen molar-refractivity contribution in [3.63, 3.8) is 0 Å². The molecule has 1 saturated heterocycles. The van der Waals surface area contributed by atoms with E-state index >= 15 is 0 Å². The summed E-state index contributed by atoms with van der Waals surface area (Å²) in [6.07, 6.45) is 1.28. The molecule has 1 N–H and O–H groups in total. The quantitative estimate of drug-likeness (QED) is 0.909. The van der Waals surface area contributed by atoms with E-state index in [-0.39, 0.29) is 12.1 Å². The van der Waals surface area contributed by atoms with Crippen LogP contribution in [-0.2, 0) is 20.0 Å². The molecule has 0 aliphatic carbocycles. The number of aliphatic hydroxyl groups is 1. The number of nitrogens with zero attached hydrogens (tertiary/aromatic N) is 4. The van der Waals surface area contributed by atoms with E-state index in [1.54, 1.807) is 7.11 Å². The highest BCUT2D eigenvalue weighted by Crippen LogP contribution is 2.34. The first-order chi connectivity index (χ1) is 11.1. The third-order valence-electron chi connectivity index (χ3n) is 4.58. The number of aromatic nitrogens is 3. The lowest BCUT2D eigenvalue weighted by molar-refractivity contribution is 0.170. The molecule has 6 heteroatoms. The molecule has 0 spiro atoms. The number of rotatable bonds is 5. The molecule has 2 aromatic rings. The summed E-state index contributed by atoms with van der Waals surface area (Å²) in [5.74, 6) is 2.76. The molecular weight excluding hydrogens is 292 g/mol. The van der Waals surface area contributed by atoms with Crippen LogP contribution in [0.25, 0.3) is 0 Å². The number of ether oxygens (including phenoxy) is 1. The molecule has 6 nitrogen and oxygen atoms in total. The molecule has 3 rings (SSSR count). The Morgan fingerprint density at radius 3 is 2.78 bits per heavy atom. The fraction of sp³-hybridized carbons (Fsp3) is 0.529. The summed E-state index contributed by atoms with van der Waals surface area (Å²) in [4.78, 5) is 2.27. The van der Waals surface area contributed by atoms with Crippen LogP contribution in [0, 0.1) is 0 Å². The zero-order valence-electron chi connectivity index (χ0n) is 13.9. The normalized spacial score (nSPS) is 21.7. The van der Waals surface area contributed by atoms with Crippen LogP contribution in [0.15, 0.2) is 24.3 Å².